The van der Waals surface area contributed by atoms with Crippen molar-refractivity contribution < 1.29 is 14.3 Å². The normalized spacial score (nSPS) is 10.8. The minimum Gasteiger partial charge on any atom is -0.421 e. The number of nitrogens with one attached hydrogen (secondary N) is 2. The molecule has 0 aliphatic heterocycles. The Labute approximate surface area is 216 Å². The fourth-order valence-electron chi connectivity index (χ4n) is 2.63. The number of hydrogen-bond acceptors (Lipinski definition) is 5. The van der Waals surface area contributed by atoms with Crippen LogP contribution in [0.25, 0.3) is 0 Å². The monoisotopic (exact) mass is 669 g/mol. The summed E-state index contributed by atoms with van der Waals surface area (Å²) in [6, 6.07) is 18.4. The molecule has 0 aliphatic carbocycles. The molecule has 32 heavy (non-hydrogen) atoms. The molecule has 0 bridgehead atoms. The van der Waals surface area contributed by atoms with Crippen LogP contribution < -0.4 is 15.5 Å². The van der Waals surface area contributed by atoms with Gasteiger partial charge < -0.3 is 10.1 Å². The second kappa shape index (κ2) is 11.6. The van der Waals surface area contributed by atoms with Crippen molar-refractivity contribution >= 4 is 78.2 Å². The quantitative estimate of drug-likeness (QED) is 0.108. The highest BCUT2D eigenvalue weighted by atomic mass is 127. The molecule has 3 aromatic carbocycles. The molecule has 3 rings (SSSR count). The van der Waals surface area contributed by atoms with Gasteiger partial charge in [0.25, 0.3) is 5.91 Å². The lowest BCUT2D eigenvalue weighted by Crippen LogP contribution is -2.25. The zero-order chi connectivity index (χ0) is 23.1. The van der Waals surface area contributed by atoms with E-state index in [4.69, 9.17) is 4.74 Å². The number of hydrogen-bond donors (Lipinski definition) is 2. The minimum absolute atomic E-state index is 0.0663. The third kappa shape index (κ3) is 6.88. The van der Waals surface area contributed by atoms with Crippen LogP contribution in [0, 0.1) is 10.5 Å². The Morgan fingerprint density at radius 2 is 1.81 bits per heavy atom. The van der Waals surface area contributed by atoms with Gasteiger partial charge >= 0.3 is 5.97 Å². The van der Waals surface area contributed by atoms with Crippen LogP contribution in [0.15, 0.2) is 74.7 Å². The SMILES string of the molecule is Cc1ccc(NCC(=O)NN=Cc2cc(Br)cc(Br)c2OC(=O)c2ccccc2I)cc1. The highest BCUT2D eigenvalue weighted by Gasteiger charge is 2.17. The molecule has 3 aromatic rings. The van der Waals surface area contributed by atoms with Crippen molar-refractivity contribution in [2.45, 2.75) is 6.92 Å². The lowest BCUT2D eigenvalue weighted by Gasteiger charge is -2.11. The highest BCUT2D eigenvalue weighted by Crippen LogP contribution is 2.33. The highest BCUT2D eigenvalue weighted by molar-refractivity contribution is 14.1. The molecule has 164 valence electrons. The van der Waals surface area contributed by atoms with E-state index in [0.29, 0.717) is 21.3 Å². The average molecular weight is 671 g/mol. The molecule has 2 N–H and O–H groups in total. The summed E-state index contributed by atoms with van der Waals surface area (Å²) in [5.74, 6) is -0.499. The second-order valence-corrected chi connectivity index (χ2v) is 9.62. The summed E-state index contributed by atoms with van der Waals surface area (Å²) in [6.45, 7) is 2.06. The van der Waals surface area contributed by atoms with Crippen LogP contribution in [0.2, 0.25) is 0 Å². The summed E-state index contributed by atoms with van der Waals surface area (Å²) in [5.41, 5.74) is 5.42. The molecule has 6 nitrogen and oxygen atoms in total. The number of carbonyl (C=O) groups is 2. The lowest BCUT2D eigenvalue weighted by molar-refractivity contribution is -0.119. The maximum absolute atomic E-state index is 12.7. The maximum Gasteiger partial charge on any atom is 0.344 e. The molecule has 0 atom stereocenters. The number of nitrogens with zero attached hydrogens (tertiary/aromatic N) is 1. The Balaban J connectivity index is 1.68. The Kier molecular flexibility index (Phi) is 8.83. The van der Waals surface area contributed by atoms with Crippen LogP contribution >= 0.6 is 54.5 Å². The van der Waals surface area contributed by atoms with E-state index < -0.39 is 5.97 Å². The number of benzene rings is 3. The van der Waals surface area contributed by atoms with E-state index in [1.807, 2.05) is 43.3 Å². The number of hydrazone groups is 1. The van der Waals surface area contributed by atoms with E-state index in [-0.39, 0.29) is 12.5 Å². The predicted octanol–water partition coefficient (Wildman–Crippen LogP) is 5.91. The summed E-state index contributed by atoms with van der Waals surface area (Å²) < 4.78 is 7.75. The van der Waals surface area contributed by atoms with Gasteiger partial charge in [0.2, 0.25) is 0 Å². The summed E-state index contributed by atoms with van der Waals surface area (Å²) in [6.07, 6.45) is 1.43. The van der Waals surface area contributed by atoms with Crippen molar-refractivity contribution in [3.8, 4) is 5.75 Å². The van der Waals surface area contributed by atoms with E-state index in [9.17, 15) is 9.59 Å². The lowest BCUT2D eigenvalue weighted by atomic mass is 10.2. The van der Waals surface area contributed by atoms with Gasteiger partial charge in [0, 0.05) is 19.3 Å². The van der Waals surface area contributed by atoms with E-state index >= 15 is 0 Å². The molecule has 0 unspecified atom stereocenters. The van der Waals surface area contributed by atoms with Gasteiger partial charge in [-0.2, -0.15) is 5.10 Å². The number of aryl methyl sites for hydroxylation is 1. The fraction of sp³-hybridized carbons (Fsp3) is 0.0870. The van der Waals surface area contributed by atoms with Crippen molar-refractivity contribution in [2.24, 2.45) is 5.10 Å². The molecule has 0 aliphatic rings. The summed E-state index contributed by atoms with van der Waals surface area (Å²) in [7, 11) is 0. The van der Waals surface area contributed by atoms with E-state index in [0.717, 1.165) is 19.3 Å². The summed E-state index contributed by atoms with van der Waals surface area (Å²) in [5, 5.41) is 7.04. The standard InChI is InChI=1S/C23H18Br2IN3O3/c1-14-6-8-17(9-7-14)27-13-21(30)29-28-12-15-10-16(24)11-19(25)22(15)32-23(31)18-4-2-3-5-20(18)26/h2-12,27H,13H2,1H3,(H,29,30). The van der Waals surface area contributed by atoms with Crippen molar-refractivity contribution in [3.63, 3.8) is 0 Å². The molecule has 0 radical (unpaired) electrons. The average Bonchev–Trinajstić information content (AvgIpc) is 2.76. The predicted molar refractivity (Wildman–Crippen MR) is 141 cm³/mol. The van der Waals surface area contributed by atoms with Crippen LogP contribution in [0.4, 0.5) is 5.69 Å². The zero-order valence-electron chi connectivity index (χ0n) is 16.9. The molecule has 0 fully saturated rings. The van der Waals surface area contributed by atoms with Crippen molar-refractivity contribution in [1.82, 2.24) is 5.43 Å². The van der Waals surface area contributed by atoms with Crippen LogP contribution in [-0.4, -0.2) is 24.6 Å². The van der Waals surface area contributed by atoms with E-state index in [2.05, 4.69) is 70.3 Å². The number of rotatable bonds is 7. The molecule has 9 heteroatoms. The van der Waals surface area contributed by atoms with Gasteiger partial charge in [-0.15, -0.1) is 0 Å². The van der Waals surface area contributed by atoms with Gasteiger partial charge in [-0.05, 0) is 81.8 Å². The van der Waals surface area contributed by atoms with Crippen molar-refractivity contribution in [2.75, 3.05) is 11.9 Å². The Morgan fingerprint density at radius 3 is 2.53 bits per heavy atom. The molecule has 0 saturated carbocycles. The van der Waals surface area contributed by atoms with Crippen LogP contribution in [-0.2, 0) is 4.79 Å². The number of ether oxygens (including phenoxy) is 1. The first-order valence-electron chi connectivity index (χ1n) is 9.41. The van der Waals surface area contributed by atoms with Gasteiger partial charge in [-0.1, -0.05) is 45.8 Å². The van der Waals surface area contributed by atoms with Gasteiger partial charge in [-0.3, -0.25) is 4.79 Å². The Hall–Kier alpha value is -2.24. The van der Waals surface area contributed by atoms with Crippen molar-refractivity contribution in [3.05, 3.63) is 89.9 Å². The third-order valence-corrected chi connectivity index (χ3v) is 6.21. The summed E-state index contributed by atoms with van der Waals surface area (Å²) in [4.78, 5) is 24.8. The van der Waals surface area contributed by atoms with Gasteiger partial charge in [0.15, 0.2) is 5.75 Å². The molecule has 0 saturated heterocycles. The third-order valence-electron chi connectivity index (χ3n) is 4.22. The first-order valence-corrected chi connectivity index (χ1v) is 12.1. The van der Waals surface area contributed by atoms with E-state index in [1.165, 1.54) is 6.21 Å². The number of anilines is 1. The smallest absolute Gasteiger partial charge is 0.344 e. The topological polar surface area (TPSA) is 79.8 Å². The van der Waals surface area contributed by atoms with Gasteiger partial charge in [0.1, 0.15) is 0 Å². The van der Waals surface area contributed by atoms with Crippen LogP contribution in [0.3, 0.4) is 0 Å². The molecule has 0 heterocycles. The number of amides is 1. The van der Waals surface area contributed by atoms with Crippen molar-refractivity contribution in [1.29, 1.82) is 0 Å². The minimum atomic E-state index is -0.487. The molecule has 0 spiro atoms. The maximum atomic E-state index is 12.7. The first-order chi connectivity index (χ1) is 15.3. The molecule has 1 amide bonds. The number of esters is 1. The first kappa shape index (κ1) is 24.4. The number of halogens is 3. The zero-order valence-corrected chi connectivity index (χ0v) is 22.2. The van der Waals surface area contributed by atoms with Crippen LogP contribution in [0.1, 0.15) is 21.5 Å². The largest absolute Gasteiger partial charge is 0.421 e. The van der Waals surface area contributed by atoms with Gasteiger partial charge in [-0.25, -0.2) is 10.2 Å². The van der Waals surface area contributed by atoms with E-state index in [1.54, 1.807) is 24.3 Å². The summed E-state index contributed by atoms with van der Waals surface area (Å²) >= 11 is 8.93. The molecular weight excluding hydrogens is 653 g/mol. The number of carbonyl (C=O) groups excluding carboxylic acids is 2. The molecular formula is C23H18Br2IN3O3. The fourth-order valence-corrected chi connectivity index (χ4v) is 4.57. The van der Waals surface area contributed by atoms with Crippen LogP contribution in [0.5, 0.6) is 5.75 Å². The Bertz CT molecular complexity index is 1170. The Morgan fingerprint density at radius 1 is 1.09 bits per heavy atom. The molecule has 0 aromatic heterocycles. The van der Waals surface area contributed by atoms with Gasteiger partial charge in [0.05, 0.1) is 22.8 Å². The second-order valence-electron chi connectivity index (χ2n) is 6.69.